The highest BCUT2D eigenvalue weighted by molar-refractivity contribution is 6.31. The first kappa shape index (κ1) is 22.8. The molecule has 1 aromatic heterocycles. The molecule has 164 valence electrons. The van der Waals surface area contributed by atoms with Crippen LogP contribution in [-0.4, -0.2) is 15.9 Å². The van der Waals surface area contributed by atoms with E-state index in [9.17, 15) is 4.79 Å². The molecule has 3 atom stereocenters. The summed E-state index contributed by atoms with van der Waals surface area (Å²) in [6.07, 6.45) is 4.51. The van der Waals surface area contributed by atoms with E-state index >= 15 is 0 Å². The van der Waals surface area contributed by atoms with Crippen LogP contribution in [0, 0.1) is 5.41 Å². The molecule has 0 radical (unpaired) electrons. The van der Waals surface area contributed by atoms with E-state index in [2.05, 4.69) is 22.6 Å². The van der Waals surface area contributed by atoms with Gasteiger partial charge in [0.05, 0.1) is 11.5 Å². The lowest BCUT2D eigenvalue weighted by molar-refractivity contribution is -0.131. The van der Waals surface area contributed by atoms with Crippen LogP contribution in [0.5, 0.6) is 0 Å². The summed E-state index contributed by atoms with van der Waals surface area (Å²) < 4.78 is 0. The Morgan fingerprint density at radius 3 is 2.50 bits per heavy atom. The number of hydrogen-bond acceptors (Lipinski definition) is 3. The topological polar surface area (TPSA) is 46.1 Å². The predicted octanol–water partition coefficient (Wildman–Crippen LogP) is 7.28. The molecule has 1 saturated heterocycles. The monoisotopic (exact) mass is 485 g/mol. The fourth-order valence-corrected chi connectivity index (χ4v) is 5.02. The number of aromatic nitrogens is 2. The van der Waals surface area contributed by atoms with Gasteiger partial charge < -0.3 is 0 Å². The molecule has 32 heavy (non-hydrogen) atoms. The van der Waals surface area contributed by atoms with Crippen molar-refractivity contribution in [1.29, 1.82) is 0 Å². The van der Waals surface area contributed by atoms with Crippen LogP contribution >= 0.6 is 34.8 Å². The molecule has 2 heterocycles. The minimum atomic E-state index is -0.672. The van der Waals surface area contributed by atoms with E-state index < -0.39 is 5.41 Å². The third kappa shape index (κ3) is 4.40. The molecule has 4 rings (SSSR count). The number of rotatable bonds is 5. The molecular formula is C25H22Cl3N3O. The quantitative estimate of drug-likeness (QED) is 0.281. The second-order valence-electron chi connectivity index (χ2n) is 8.27. The van der Waals surface area contributed by atoms with E-state index in [1.165, 1.54) is 0 Å². The van der Waals surface area contributed by atoms with Crippen molar-refractivity contribution >= 4 is 46.5 Å². The van der Waals surface area contributed by atoms with Crippen LogP contribution < -0.4 is 4.90 Å². The van der Waals surface area contributed by atoms with E-state index in [1.807, 2.05) is 49.4 Å². The van der Waals surface area contributed by atoms with Crippen LogP contribution in [0.25, 0.3) is 0 Å². The average Bonchev–Trinajstić information content (AvgIpc) is 2.76. The Bertz CT molecular complexity index is 1150. The summed E-state index contributed by atoms with van der Waals surface area (Å²) in [5.41, 5.74) is 1.32. The summed E-state index contributed by atoms with van der Waals surface area (Å²) in [5.74, 6) is 0.369. The number of amides is 1. The number of benzene rings is 2. The molecule has 1 aliphatic heterocycles. The minimum Gasteiger partial charge on any atom is -0.288 e. The Hall–Kier alpha value is -2.40. The van der Waals surface area contributed by atoms with Gasteiger partial charge in [0.2, 0.25) is 11.2 Å². The molecule has 0 aliphatic carbocycles. The van der Waals surface area contributed by atoms with Crippen LogP contribution in [0.1, 0.15) is 42.9 Å². The van der Waals surface area contributed by atoms with Crippen LogP contribution in [0.15, 0.2) is 73.4 Å². The zero-order valence-corrected chi connectivity index (χ0v) is 19.8. The van der Waals surface area contributed by atoms with E-state index in [1.54, 1.807) is 23.2 Å². The normalized spacial score (nSPS) is 23.2. The van der Waals surface area contributed by atoms with Gasteiger partial charge in [-0.25, -0.2) is 9.97 Å². The van der Waals surface area contributed by atoms with Crippen LogP contribution in [0.4, 0.5) is 5.82 Å². The van der Waals surface area contributed by atoms with Crippen LogP contribution in [0.3, 0.4) is 0 Å². The molecule has 3 aromatic rings. The third-order valence-electron chi connectivity index (χ3n) is 6.01. The Kier molecular flexibility index (Phi) is 6.57. The SMILES string of the molecule is C=CC[C@@]1(C)CC(c2cccc(Cl)c2)C(c2ccc(Cl)cc2)N(c2ccnc(Cl)n2)C1=O. The maximum Gasteiger partial charge on any atom is 0.235 e. The summed E-state index contributed by atoms with van der Waals surface area (Å²) in [5, 5.41) is 1.36. The van der Waals surface area contributed by atoms with Gasteiger partial charge in [-0.1, -0.05) is 60.5 Å². The summed E-state index contributed by atoms with van der Waals surface area (Å²) >= 11 is 18.6. The standard InChI is InChI=1S/C25H22Cl3N3O/c1-3-12-25(2)15-20(17-5-4-6-19(27)14-17)22(16-7-9-18(26)10-8-16)31(23(25)32)21-11-13-29-24(28)30-21/h3-11,13-14,20,22H,1,12,15H2,2H3/t20?,22?,25-/m0/s1. The predicted molar refractivity (Wildman–Crippen MR) is 130 cm³/mol. The number of carbonyl (C=O) groups is 1. The summed E-state index contributed by atoms with van der Waals surface area (Å²) in [4.78, 5) is 24.1. The van der Waals surface area contributed by atoms with Gasteiger partial charge in [-0.3, -0.25) is 9.69 Å². The number of hydrogen-bond donors (Lipinski definition) is 0. The van der Waals surface area contributed by atoms with Crippen molar-refractivity contribution in [2.24, 2.45) is 5.41 Å². The highest BCUT2D eigenvalue weighted by Crippen LogP contribution is 2.52. The number of anilines is 1. The number of carbonyl (C=O) groups excluding carboxylic acids is 1. The number of piperidine rings is 1. The van der Waals surface area contributed by atoms with Crippen molar-refractivity contribution in [1.82, 2.24) is 9.97 Å². The lowest BCUT2D eigenvalue weighted by Crippen LogP contribution is -2.52. The first-order chi connectivity index (χ1) is 15.3. The molecule has 0 saturated carbocycles. The molecule has 1 fully saturated rings. The zero-order valence-electron chi connectivity index (χ0n) is 17.5. The Labute approximate surface area is 202 Å². The number of allylic oxidation sites excluding steroid dienone is 1. The average molecular weight is 487 g/mol. The van der Waals surface area contributed by atoms with Gasteiger partial charge in [0.15, 0.2) is 0 Å². The van der Waals surface area contributed by atoms with E-state index in [0.717, 1.165) is 11.1 Å². The lowest BCUT2D eigenvalue weighted by atomic mass is 9.67. The van der Waals surface area contributed by atoms with Gasteiger partial charge in [0, 0.05) is 22.2 Å². The fraction of sp³-hybridized carbons (Fsp3) is 0.240. The molecule has 2 unspecified atom stereocenters. The van der Waals surface area contributed by atoms with Gasteiger partial charge in [0.25, 0.3) is 0 Å². The molecule has 0 bridgehead atoms. The first-order valence-corrected chi connectivity index (χ1v) is 11.4. The van der Waals surface area contributed by atoms with E-state index in [-0.39, 0.29) is 23.2 Å². The zero-order chi connectivity index (χ0) is 22.9. The molecule has 0 N–H and O–H groups in total. The van der Waals surface area contributed by atoms with Crippen molar-refractivity contribution < 1.29 is 4.79 Å². The number of halogens is 3. The molecule has 0 spiro atoms. The fourth-order valence-electron chi connectivity index (χ4n) is 4.56. The van der Waals surface area contributed by atoms with Crippen molar-refractivity contribution in [2.75, 3.05) is 4.90 Å². The third-order valence-corrected chi connectivity index (χ3v) is 6.68. The van der Waals surface area contributed by atoms with Gasteiger partial charge in [-0.2, -0.15) is 0 Å². The second kappa shape index (κ2) is 9.22. The van der Waals surface area contributed by atoms with Crippen molar-refractivity contribution in [2.45, 2.75) is 31.7 Å². The van der Waals surface area contributed by atoms with Crippen LogP contribution in [-0.2, 0) is 4.79 Å². The molecule has 4 nitrogen and oxygen atoms in total. The van der Waals surface area contributed by atoms with Gasteiger partial charge in [0.1, 0.15) is 5.82 Å². The van der Waals surface area contributed by atoms with Crippen molar-refractivity contribution in [3.63, 3.8) is 0 Å². The smallest absolute Gasteiger partial charge is 0.235 e. The van der Waals surface area contributed by atoms with Gasteiger partial charge in [-0.05, 0) is 65.9 Å². The maximum atomic E-state index is 14.0. The summed E-state index contributed by atoms with van der Waals surface area (Å²) in [6.45, 7) is 5.87. The Morgan fingerprint density at radius 1 is 1.09 bits per heavy atom. The first-order valence-electron chi connectivity index (χ1n) is 10.3. The van der Waals surface area contributed by atoms with Crippen molar-refractivity contribution in [3.05, 3.63) is 99.9 Å². The molecular weight excluding hydrogens is 465 g/mol. The Balaban J connectivity index is 1.95. The lowest BCUT2D eigenvalue weighted by Gasteiger charge is -2.48. The minimum absolute atomic E-state index is 0.0367. The molecule has 7 heteroatoms. The molecule has 2 aromatic carbocycles. The van der Waals surface area contributed by atoms with E-state index in [4.69, 9.17) is 34.8 Å². The largest absolute Gasteiger partial charge is 0.288 e. The molecule has 1 amide bonds. The molecule has 1 aliphatic rings. The second-order valence-corrected chi connectivity index (χ2v) is 9.49. The van der Waals surface area contributed by atoms with Crippen molar-refractivity contribution in [3.8, 4) is 0 Å². The highest BCUT2D eigenvalue weighted by Gasteiger charge is 2.50. The summed E-state index contributed by atoms with van der Waals surface area (Å²) in [7, 11) is 0. The van der Waals surface area contributed by atoms with Gasteiger partial charge >= 0.3 is 0 Å². The summed E-state index contributed by atoms with van der Waals surface area (Å²) in [6, 6.07) is 16.7. The van der Waals surface area contributed by atoms with E-state index in [0.29, 0.717) is 28.7 Å². The highest BCUT2D eigenvalue weighted by atomic mass is 35.5. The van der Waals surface area contributed by atoms with Crippen LogP contribution in [0.2, 0.25) is 15.3 Å². The Morgan fingerprint density at radius 2 is 1.84 bits per heavy atom. The number of nitrogens with zero attached hydrogens (tertiary/aromatic N) is 3. The maximum absolute atomic E-state index is 14.0. The van der Waals surface area contributed by atoms with Gasteiger partial charge in [-0.15, -0.1) is 6.58 Å².